The van der Waals surface area contributed by atoms with Gasteiger partial charge in [0.15, 0.2) is 11.5 Å². The lowest BCUT2D eigenvalue weighted by Crippen LogP contribution is -2.66. The number of anilines is 1. The fraction of sp³-hybridized carbons (Fsp3) is 0.281. The molecular weight excluding hydrogens is 534 g/mol. The maximum atomic E-state index is 14.1. The molecule has 10 nitrogen and oxygen atoms in total. The summed E-state index contributed by atoms with van der Waals surface area (Å²) in [4.78, 5) is 47.8. The molecule has 10 heteroatoms. The van der Waals surface area contributed by atoms with Crippen LogP contribution < -0.4 is 25.0 Å². The number of carbonyl (C=O) groups is 3. The first-order valence-corrected chi connectivity index (χ1v) is 14.0. The molecule has 3 aliphatic heterocycles. The van der Waals surface area contributed by atoms with Crippen molar-refractivity contribution in [3.05, 3.63) is 89.1 Å². The number of amides is 3. The average Bonchev–Trinajstić information content (AvgIpc) is 3.62. The fourth-order valence-corrected chi connectivity index (χ4v) is 6.21. The summed E-state index contributed by atoms with van der Waals surface area (Å²) in [5, 5.41) is 6.77. The molecule has 0 saturated carbocycles. The van der Waals surface area contributed by atoms with E-state index in [9.17, 15) is 14.4 Å². The number of piperazine rings is 1. The molecule has 3 atom stereocenters. The highest BCUT2D eigenvalue weighted by Crippen LogP contribution is 2.44. The Kier molecular flexibility index (Phi) is 6.26. The number of rotatable bonds is 6. The van der Waals surface area contributed by atoms with E-state index in [0.717, 1.165) is 39.0 Å². The van der Waals surface area contributed by atoms with Crippen molar-refractivity contribution in [1.82, 2.24) is 20.5 Å². The molecule has 0 radical (unpaired) electrons. The lowest BCUT2D eigenvalue weighted by Gasteiger charge is -2.46. The van der Waals surface area contributed by atoms with Gasteiger partial charge >= 0.3 is 0 Å². The summed E-state index contributed by atoms with van der Waals surface area (Å²) >= 11 is 0. The van der Waals surface area contributed by atoms with Crippen LogP contribution in [0.15, 0.2) is 66.7 Å². The lowest BCUT2D eigenvalue weighted by atomic mass is 9.85. The lowest BCUT2D eigenvalue weighted by molar-refractivity contribution is -0.153. The first-order valence-electron chi connectivity index (χ1n) is 14.0. The van der Waals surface area contributed by atoms with Crippen molar-refractivity contribution in [3.63, 3.8) is 0 Å². The largest absolute Gasteiger partial charge is 0.454 e. The van der Waals surface area contributed by atoms with E-state index in [4.69, 9.17) is 9.47 Å². The normalized spacial score (nSPS) is 20.6. The molecule has 0 unspecified atom stereocenters. The van der Waals surface area contributed by atoms with Crippen LogP contribution in [-0.4, -0.2) is 60.6 Å². The Morgan fingerprint density at radius 2 is 1.81 bits per heavy atom. The zero-order valence-corrected chi connectivity index (χ0v) is 23.3. The smallest absolute Gasteiger partial charge is 0.247 e. The Morgan fingerprint density at radius 1 is 1.02 bits per heavy atom. The Morgan fingerprint density at radius 3 is 2.62 bits per heavy atom. The summed E-state index contributed by atoms with van der Waals surface area (Å²) in [6.45, 7) is 0.456. The number of ether oxygens (including phenoxy) is 2. The van der Waals surface area contributed by atoms with Crippen LogP contribution in [0.25, 0.3) is 10.9 Å². The zero-order valence-electron chi connectivity index (χ0n) is 23.3. The molecule has 0 bridgehead atoms. The third kappa shape index (κ3) is 4.39. The standard InChI is InChI=1S/C32H31N5O5/c1-36(2)20-10-7-18(8-11-20)16-33-28(38)15-24-32(40)37-25(31(39)35-24)14-22-21-5-3-4-6-23(21)34-29(22)30(37)19-9-12-26-27(13-19)42-17-41-26/h3-13,24-25,30,34H,14-17H2,1-2H3,(H,33,38)(H,35,39)/t24-,25+,30+/m0/s1. The van der Waals surface area contributed by atoms with E-state index in [-0.39, 0.29) is 30.9 Å². The Balaban J connectivity index is 1.17. The maximum Gasteiger partial charge on any atom is 0.247 e. The molecule has 214 valence electrons. The number of nitrogens with one attached hydrogen (secondary N) is 3. The number of aromatic nitrogens is 1. The van der Waals surface area contributed by atoms with Gasteiger partial charge in [0.25, 0.3) is 0 Å². The van der Waals surface area contributed by atoms with Crippen LogP contribution in [-0.2, 0) is 27.3 Å². The predicted molar refractivity (Wildman–Crippen MR) is 156 cm³/mol. The third-order valence-corrected chi connectivity index (χ3v) is 8.35. The van der Waals surface area contributed by atoms with E-state index in [0.29, 0.717) is 24.5 Å². The monoisotopic (exact) mass is 565 g/mol. The summed E-state index contributed by atoms with van der Waals surface area (Å²) in [5.41, 5.74) is 5.61. The van der Waals surface area contributed by atoms with Crippen molar-refractivity contribution < 1.29 is 23.9 Å². The number of fused-ring (bicyclic) bond motifs is 5. The van der Waals surface area contributed by atoms with Crippen molar-refractivity contribution >= 4 is 34.3 Å². The van der Waals surface area contributed by atoms with Gasteiger partial charge < -0.3 is 34.9 Å². The van der Waals surface area contributed by atoms with E-state index in [2.05, 4.69) is 15.6 Å². The van der Waals surface area contributed by atoms with Crippen LogP contribution in [0, 0.1) is 0 Å². The van der Waals surface area contributed by atoms with Crippen LogP contribution in [0.5, 0.6) is 11.5 Å². The molecule has 4 heterocycles. The molecule has 1 fully saturated rings. The topological polar surface area (TPSA) is 116 Å². The van der Waals surface area contributed by atoms with Crippen molar-refractivity contribution in [2.24, 2.45) is 0 Å². The number of para-hydroxylation sites is 1. The highest BCUT2D eigenvalue weighted by atomic mass is 16.7. The van der Waals surface area contributed by atoms with Crippen LogP contribution >= 0.6 is 0 Å². The quantitative estimate of drug-likeness (QED) is 0.331. The summed E-state index contributed by atoms with van der Waals surface area (Å²) in [5.74, 6) is 0.351. The molecule has 4 aromatic rings. The molecule has 3 N–H and O–H groups in total. The van der Waals surface area contributed by atoms with E-state index in [1.807, 2.05) is 85.7 Å². The SMILES string of the molecule is CN(C)c1ccc(CNC(=O)C[C@@H]2NC(=O)[C@H]3Cc4c([nH]c5ccccc45)[C@@H](c4ccc5c(c4)OCO5)N3C2=O)cc1. The molecule has 3 amide bonds. The second-order valence-electron chi connectivity index (χ2n) is 11.1. The zero-order chi connectivity index (χ0) is 29.0. The van der Waals surface area contributed by atoms with Gasteiger partial charge in [-0.1, -0.05) is 36.4 Å². The number of nitrogens with zero attached hydrogens (tertiary/aromatic N) is 2. The maximum absolute atomic E-state index is 14.1. The second kappa shape index (κ2) is 10.1. The summed E-state index contributed by atoms with van der Waals surface area (Å²) in [6, 6.07) is 19.2. The number of benzene rings is 3. The van der Waals surface area contributed by atoms with Gasteiger partial charge in [-0.15, -0.1) is 0 Å². The molecule has 1 saturated heterocycles. The average molecular weight is 566 g/mol. The van der Waals surface area contributed by atoms with Crippen molar-refractivity contribution in [1.29, 1.82) is 0 Å². The minimum atomic E-state index is -0.979. The van der Waals surface area contributed by atoms with Crippen LogP contribution in [0.1, 0.15) is 34.8 Å². The van der Waals surface area contributed by atoms with Gasteiger partial charge in [-0.25, -0.2) is 0 Å². The van der Waals surface area contributed by atoms with Gasteiger partial charge in [0.2, 0.25) is 24.5 Å². The Labute approximate surface area is 242 Å². The highest BCUT2D eigenvalue weighted by molar-refractivity contribution is 6.01. The fourth-order valence-electron chi connectivity index (χ4n) is 6.21. The summed E-state index contributed by atoms with van der Waals surface area (Å²) in [6.07, 6.45) is 0.219. The van der Waals surface area contributed by atoms with E-state index in [1.165, 1.54) is 0 Å². The van der Waals surface area contributed by atoms with Crippen molar-refractivity contribution in [2.45, 2.75) is 37.5 Å². The summed E-state index contributed by atoms with van der Waals surface area (Å²) < 4.78 is 11.2. The molecule has 3 aliphatic rings. The molecule has 0 spiro atoms. The van der Waals surface area contributed by atoms with E-state index in [1.54, 1.807) is 4.90 Å². The minimum Gasteiger partial charge on any atom is -0.454 e. The minimum absolute atomic E-state index is 0.131. The molecule has 7 rings (SSSR count). The van der Waals surface area contributed by atoms with Gasteiger partial charge in [0.05, 0.1) is 12.5 Å². The second-order valence-corrected chi connectivity index (χ2v) is 11.1. The molecule has 42 heavy (non-hydrogen) atoms. The van der Waals surface area contributed by atoms with Gasteiger partial charge in [0, 0.05) is 49.3 Å². The number of hydrogen-bond donors (Lipinski definition) is 3. The van der Waals surface area contributed by atoms with Gasteiger partial charge in [-0.2, -0.15) is 0 Å². The molecule has 3 aromatic carbocycles. The highest BCUT2D eigenvalue weighted by Gasteiger charge is 2.49. The van der Waals surface area contributed by atoms with Gasteiger partial charge in [-0.05, 0) is 47.0 Å². The number of hydrogen-bond acceptors (Lipinski definition) is 6. The van der Waals surface area contributed by atoms with E-state index < -0.39 is 18.1 Å². The van der Waals surface area contributed by atoms with Crippen molar-refractivity contribution in [3.8, 4) is 11.5 Å². The first-order chi connectivity index (χ1) is 20.4. The number of H-pyrrole nitrogens is 1. The predicted octanol–water partition coefficient (Wildman–Crippen LogP) is 3.01. The van der Waals surface area contributed by atoms with Gasteiger partial charge in [0.1, 0.15) is 12.1 Å². The van der Waals surface area contributed by atoms with Crippen LogP contribution in [0.2, 0.25) is 0 Å². The Hall–Kier alpha value is -4.99. The van der Waals surface area contributed by atoms with Crippen LogP contribution in [0.4, 0.5) is 5.69 Å². The molecule has 1 aromatic heterocycles. The number of carbonyl (C=O) groups excluding carboxylic acids is 3. The molecular formula is C32H31N5O5. The van der Waals surface area contributed by atoms with E-state index >= 15 is 0 Å². The summed E-state index contributed by atoms with van der Waals surface area (Å²) in [7, 11) is 3.93. The van der Waals surface area contributed by atoms with Crippen molar-refractivity contribution in [2.75, 3.05) is 25.8 Å². The Bertz CT molecular complexity index is 1710. The third-order valence-electron chi connectivity index (χ3n) is 8.35. The van der Waals surface area contributed by atoms with Gasteiger partial charge in [-0.3, -0.25) is 14.4 Å². The first kappa shape index (κ1) is 25.9. The molecule has 0 aliphatic carbocycles. The number of aromatic amines is 1. The van der Waals surface area contributed by atoms with Crippen LogP contribution in [0.3, 0.4) is 0 Å².